The first kappa shape index (κ1) is 30.3. The molecule has 2 aliphatic rings. The molecule has 0 saturated carbocycles. The third kappa shape index (κ3) is 7.62. The molecule has 1 saturated heterocycles. The van der Waals surface area contributed by atoms with E-state index in [2.05, 4.69) is 22.8 Å². The first-order valence-electron chi connectivity index (χ1n) is 15.3. The number of nitrogens with one attached hydrogen (secondary N) is 2. The molecule has 3 atom stereocenters. The van der Waals surface area contributed by atoms with Gasteiger partial charge < -0.3 is 25.2 Å². The molecule has 2 N–H and O–H groups in total. The Morgan fingerprint density at radius 3 is 2.44 bits per heavy atom. The highest BCUT2D eigenvalue weighted by atomic mass is 16.5. The lowest BCUT2D eigenvalue weighted by Gasteiger charge is -2.30. The first-order valence-corrected chi connectivity index (χ1v) is 15.3. The van der Waals surface area contributed by atoms with Gasteiger partial charge in [-0.25, -0.2) is 0 Å². The molecule has 5 rings (SSSR count). The smallest absolute Gasteiger partial charge is 0.245 e. The Morgan fingerprint density at radius 1 is 1.00 bits per heavy atom. The molecule has 0 radical (unpaired) electrons. The second-order valence-electron chi connectivity index (χ2n) is 11.5. The summed E-state index contributed by atoms with van der Waals surface area (Å²) in [4.78, 5) is 44.3. The molecule has 0 bridgehead atoms. The molecule has 3 amide bonds. The van der Waals surface area contributed by atoms with Gasteiger partial charge in [-0.1, -0.05) is 61.5 Å². The van der Waals surface area contributed by atoms with Gasteiger partial charge in [0.2, 0.25) is 17.7 Å². The quantitative estimate of drug-likeness (QED) is 0.353. The SMILES string of the molecule is CCCC(=O)N(c1ccccc1)[C@@H]1CCN(C(=O)[C@@H](Cc2ccc(OC)cc2)NC(=O)C[C@@H]2Cc3ccccc3CN2)C1. The molecule has 43 heavy (non-hydrogen) atoms. The lowest BCUT2D eigenvalue weighted by molar-refractivity contribution is -0.135. The predicted octanol–water partition coefficient (Wildman–Crippen LogP) is 4.26. The van der Waals surface area contributed by atoms with E-state index in [0.29, 0.717) is 32.4 Å². The van der Waals surface area contributed by atoms with E-state index < -0.39 is 6.04 Å². The minimum absolute atomic E-state index is 0.00631. The van der Waals surface area contributed by atoms with Gasteiger partial charge in [-0.2, -0.15) is 0 Å². The van der Waals surface area contributed by atoms with Gasteiger partial charge in [0.15, 0.2) is 0 Å². The van der Waals surface area contributed by atoms with Gasteiger partial charge in [-0.3, -0.25) is 14.4 Å². The van der Waals surface area contributed by atoms with Crippen LogP contribution in [-0.2, 0) is 33.8 Å². The van der Waals surface area contributed by atoms with Gasteiger partial charge in [0.1, 0.15) is 11.8 Å². The summed E-state index contributed by atoms with van der Waals surface area (Å²) < 4.78 is 5.30. The van der Waals surface area contributed by atoms with Crippen molar-refractivity contribution < 1.29 is 19.1 Å². The fraction of sp³-hybridized carbons (Fsp3) is 0.400. The normalized spacial score (nSPS) is 18.4. The minimum atomic E-state index is -0.716. The van der Waals surface area contributed by atoms with E-state index in [-0.39, 0.29) is 36.2 Å². The summed E-state index contributed by atoms with van der Waals surface area (Å²) in [6, 6.07) is 24.7. The number of methoxy groups -OCH3 is 1. The number of hydrogen-bond donors (Lipinski definition) is 2. The summed E-state index contributed by atoms with van der Waals surface area (Å²) in [6.07, 6.45) is 3.33. The van der Waals surface area contributed by atoms with E-state index in [0.717, 1.165) is 36.4 Å². The summed E-state index contributed by atoms with van der Waals surface area (Å²) in [5.74, 6) is 0.533. The zero-order valence-electron chi connectivity index (χ0n) is 25.1. The van der Waals surface area contributed by atoms with E-state index in [4.69, 9.17) is 4.74 Å². The Balaban J connectivity index is 1.29. The molecule has 3 aromatic rings. The van der Waals surface area contributed by atoms with Crippen LogP contribution in [0.5, 0.6) is 5.75 Å². The van der Waals surface area contributed by atoms with Crippen LogP contribution in [0.15, 0.2) is 78.9 Å². The number of carbonyl (C=O) groups excluding carboxylic acids is 3. The summed E-state index contributed by atoms with van der Waals surface area (Å²) >= 11 is 0. The van der Waals surface area contributed by atoms with Crippen molar-refractivity contribution in [3.05, 3.63) is 95.6 Å². The van der Waals surface area contributed by atoms with Crippen molar-refractivity contribution in [2.45, 2.75) is 70.1 Å². The number of amides is 3. The Bertz CT molecular complexity index is 1390. The van der Waals surface area contributed by atoms with Crippen LogP contribution in [0.1, 0.15) is 49.3 Å². The average Bonchev–Trinajstić information content (AvgIpc) is 3.51. The summed E-state index contributed by atoms with van der Waals surface area (Å²) in [5.41, 5.74) is 4.31. The Labute approximate surface area is 254 Å². The first-order chi connectivity index (χ1) is 20.9. The standard InChI is InChI=1S/C35H42N4O4/c1-3-9-34(41)39(29-12-5-4-6-13-29)30-18-19-38(24-30)35(42)32(20-25-14-16-31(43-2)17-15-25)37-33(40)22-28-21-26-10-7-8-11-27(26)23-36-28/h4-8,10-17,28,30,32,36H,3,9,18-24H2,1-2H3,(H,37,40)/t28-,30+,32+/m0/s1. The van der Waals surface area contributed by atoms with Crippen molar-refractivity contribution in [3.8, 4) is 5.75 Å². The summed E-state index contributed by atoms with van der Waals surface area (Å²) in [7, 11) is 1.62. The van der Waals surface area contributed by atoms with E-state index in [1.807, 2.05) is 83.5 Å². The summed E-state index contributed by atoms with van der Waals surface area (Å²) in [6.45, 7) is 3.69. The molecule has 3 aromatic carbocycles. The van der Waals surface area contributed by atoms with Gasteiger partial charge in [0.25, 0.3) is 0 Å². The number of likely N-dealkylation sites (tertiary alicyclic amines) is 1. The zero-order valence-corrected chi connectivity index (χ0v) is 25.1. The van der Waals surface area contributed by atoms with Crippen LogP contribution in [0.2, 0.25) is 0 Å². The molecule has 226 valence electrons. The summed E-state index contributed by atoms with van der Waals surface area (Å²) in [5, 5.41) is 6.55. The molecule has 1 fully saturated rings. The van der Waals surface area contributed by atoms with Gasteiger partial charge in [-0.05, 0) is 60.2 Å². The van der Waals surface area contributed by atoms with Gasteiger partial charge in [0.05, 0.1) is 13.2 Å². The molecular formula is C35H42N4O4. The Hall–Kier alpha value is -4.17. The molecule has 0 aromatic heterocycles. The van der Waals surface area contributed by atoms with Gasteiger partial charge in [0, 0.05) is 50.6 Å². The molecular weight excluding hydrogens is 540 g/mol. The third-order valence-corrected chi connectivity index (χ3v) is 8.44. The van der Waals surface area contributed by atoms with Gasteiger partial charge >= 0.3 is 0 Å². The monoisotopic (exact) mass is 582 g/mol. The molecule has 8 nitrogen and oxygen atoms in total. The average molecular weight is 583 g/mol. The second kappa shape index (κ2) is 14.3. The Kier molecular flexibility index (Phi) is 10.1. The number of hydrogen-bond acceptors (Lipinski definition) is 5. The van der Waals surface area contributed by atoms with Crippen molar-refractivity contribution in [2.24, 2.45) is 0 Å². The molecule has 8 heteroatoms. The second-order valence-corrected chi connectivity index (χ2v) is 11.5. The molecule has 2 aliphatic heterocycles. The van der Waals surface area contributed by atoms with Crippen LogP contribution < -0.4 is 20.3 Å². The number of benzene rings is 3. The number of para-hydroxylation sites is 1. The van der Waals surface area contributed by atoms with E-state index in [9.17, 15) is 14.4 Å². The van der Waals surface area contributed by atoms with Crippen LogP contribution in [0.3, 0.4) is 0 Å². The highest BCUT2D eigenvalue weighted by Crippen LogP contribution is 2.26. The largest absolute Gasteiger partial charge is 0.497 e. The number of ether oxygens (including phenoxy) is 1. The topological polar surface area (TPSA) is 91.0 Å². The lowest BCUT2D eigenvalue weighted by atomic mass is 9.94. The van der Waals surface area contributed by atoms with Crippen molar-refractivity contribution in [1.82, 2.24) is 15.5 Å². The van der Waals surface area contributed by atoms with Crippen LogP contribution in [0, 0.1) is 0 Å². The zero-order chi connectivity index (χ0) is 30.2. The van der Waals surface area contributed by atoms with Crippen molar-refractivity contribution in [1.29, 1.82) is 0 Å². The number of anilines is 1. The third-order valence-electron chi connectivity index (χ3n) is 8.44. The number of nitrogens with zero attached hydrogens (tertiary/aromatic N) is 2. The van der Waals surface area contributed by atoms with E-state index >= 15 is 0 Å². The molecule has 0 unspecified atom stereocenters. The number of carbonyl (C=O) groups is 3. The van der Waals surface area contributed by atoms with E-state index in [1.165, 1.54) is 11.1 Å². The van der Waals surface area contributed by atoms with Crippen LogP contribution in [0.4, 0.5) is 5.69 Å². The maximum absolute atomic E-state index is 14.0. The van der Waals surface area contributed by atoms with Crippen LogP contribution in [0.25, 0.3) is 0 Å². The fourth-order valence-electron chi connectivity index (χ4n) is 6.19. The van der Waals surface area contributed by atoms with Crippen molar-refractivity contribution in [3.63, 3.8) is 0 Å². The minimum Gasteiger partial charge on any atom is -0.497 e. The fourth-order valence-corrected chi connectivity index (χ4v) is 6.19. The Morgan fingerprint density at radius 2 is 1.72 bits per heavy atom. The van der Waals surface area contributed by atoms with Crippen molar-refractivity contribution in [2.75, 3.05) is 25.1 Å². The highest BCUT2D eigenvalue weighted by Gasteiger charge is 2.36. The molecule has 0 spiro atoms. The van der Waals surface area contributed by atoms with Gasteiger partial charge in [-0.15, -0.1) is 0 Å². The predicted molar refractivity (Wildman–Crippen MR) is 168 cm³/mol. The maximum atomic E-state index is 14.0. The van der Waals surface area contributed by atoms with Crippen molar-refractivity contribution >= 4 is 23.4 Å². The molecule has 2 heterocycles. The van der Waals surface area contributed by atoms with Crippen LogP contribution >= 0.6 is 0 Å². The molecule has 0 aliphatic carbocycles. The lowest BCUT2D eigenvalue weighted by Crippen LogP contribution is -2.51. The van der Waals surface area contributed by atoms with E-state index in [1.54, 1.807) is 7.11 Å². The van der Waals surface area contributed by atoms with Crippen LogP contribution in [-0.4, -0.2) is 60.9 Å². The highest BCUT2D eigenvalue weighted by molar-refractivity contribution is 5.94. The number of fused-ring (bicyclic) bond motifs is 1. The number of rotatable bonds is 11. The maximum Gasteiger partial charge on any atom is 0.245 e.